The van der Waals surface area contributed by atoms with E-state index in [0.29, 0.717) is 12.0 Å². The molecule has 0 saturated heterocycles. The highest BCUT2D eigenvalue weighted by Crippen LogP contribution is 2.32. The van der Waals surface area contributed by atoms with Crippen LogP contribution in [0.25, 0.3) is 0 Å². The molecule has 0 aliphatic heterocycles. The predicted octanol–water partition coefficient (Wildman–Crippen LogP) is 4.07. The van der Waals surface area contributed by atoms with Crippen LogP contribution in [-0.2, 0) is 0 Å². The maximum Gasteiger partial charge on any atom is 0.274 e. The Morgan fingerprint density at radius 3 is 2.70 bits per heavy atom. The van der Waals surface area contributed by atoms with Gasteiger partial charge >= 0.3 is 0 Å². The quantitative estimate of drug-likeness (QED) is 0.666. The molecule has 0 amide bonds. The van der Waals surface area contributed by atoms with Crippen molar-refractivity contribution in [1.82, 2.24) is 5.32 Å². The fourth-order valence-corrected chi connectivity index (χ4v) is 3.25. The smallest absolute Gasteiger partial charge is 0.274 e. The van der Waals surface area contributed by atoms with Crippen LogP contribution in [0.15, 0.2) is 24.3 Å². The van der Waals surface area contributed by atoms with E-state index >= 15 is 0 Å². The number of para-hydroxylation sites is 1. The third-order valence-corrected chi connectivity index (χ3v) is 4.77. The highest BCUT2D eigenvalue weighted by Gasteiger charge is 2.29. The lowest BCUT2D eigenvalue weighted by Gasteiger charge is -2.36. The molecule has 1 aromatic carbocycles. The molecule has 1 aliphatic rings. The fraction of sp³-hybridized carbons (Fsp3) is 0.625. The molecule has 0 bridgehead atoms. The summed E-state index contributed by atoms with van der Waals surface area (Å²) in [6.45, 7) is 6.61. The van der Waals surface area contributed by atoms with Crippen molar-refractivity contribution in [3.8, 4) is 0 Å². The number of rotatable bonds is 4. The lowest BCUT2D eigenvalue weighted by molar-refractivity contribution is -0.385. The predicted molar refractivity (Wildman–Crippen MR) is 80.6 cm³/mol. The first kappa shape index (κ1) is 15.0. The third-order valence-electron chi connectivity index (χ3n) is 4.77. The maximum atomic E-state index is 11.1. The molecule has 4 heteroatoms. The van der Waals surface area contributed by atoms with E-state index in [1.165, 1.54) is 12.8 Å². The Labute approximate surface area is 120 Å². The van der Waals surface area contributed by atoms with Gasteiger partial charge in [0, 0.05) is 23.7 Å². The Hall–Kier alpha value is -1.42. The monoisotopic (exact) mass is 276 g/mol. The van der Waals surface area contributed by atoms with Crippen molar-refractivity contribution in [3.63, 3.8) is 0 Å². The maximum absolute atomic E-state index is 11.1. The normalized spacial score (nSPS) is 28.1. The summed E-state index contributed by atoms with van der Waals surface area (Å²) in [7, 11) is 0. The number of hydrogen-bond donors (Lipinski definition) is 1. The molecule has 0 heterocycles. The Balaban J connectivity index is 2.12. The second-order valence-corrected chi connectivity index (χ2v) is 6.08. The van der Waals surface area contributed by atoms with Crippen LogP contribution in [0.3, 0.4) is 0 Å². The Morgan fingerprint density at radius 2 is 2.00 bits per heavy atom. The van der Waals surface area contributed by atoms with E-state index in [2.05, 4.69) is 19.2 Å². The van der Waals surface area contributed by atoms with Gasteiger partial charge in [-0.15, -0.1) is 0 Å². The van der Waals surface area contributed by atoms with Crippen molar-refractivity contribution >= 4 is 5.69 Å². The van der Waals surface area contributed by atoms with Crippen molar-refractivity contribution in [1.29, 1.82) is 0 Å². The SMILES string of the molecule is CC(NC1CCCC(C)C1C)c1ccccc1[N+](=O)[O-]. The van der Waals surface area contributed by atoms with Gasteiger partial charge in [-0.2, -0.15) is 0 Å². The number of nitrogens with zero attached hydrogens (tertiary/aromatic N) is 1. The Bertz CT molecular complexity index is 475. The molecule has 1 saturated carbocycles. The van der Waals surface area contributed by atoms with Gasteiger partial charge in [-0.25, -0.2) is 0 Å². The van der Waals surface area contributed by atoms with E-state index in [1.54, 1.807) is 12.1 Å². The lowest BCUT2D eigenvalue weighted by atomic mass is 9.77. The highest BCUT2D eigenvalue weighted by molar-refractivity contribution is 5.41. The van der Waals surface area contributed by atoms with E-state index in [-0.39, 0.29) is 16.7 Å². The molecule has 1 N–H and O–H groups in total. The minimum atomic E-state index is -0.291. The van der Waals surface area contributed by atoms with Gasteiger partial charge in [-0.05, 0) is 25.2 Å². The zero-order chi connectivity index (χ0) is 14.7. The first-order chi connectivity index (χ1) is 9.50. The summed E-state index contributed by atoms with van der Waals surface area (Å²) in [6.07, 6.45) is 3.70. The third kappa shape index (κ3) is 3.18. The Kier molecular flexibility index (Phi) is 4.76. The summed E-state index contributed by atoms with van der Waals surface area (Å²) in [6, 6.07) is 7.49. The number of nitro groups is 1. The summed E-state index contributed by atoms with van der Waals surface area (Å²) in [5, 5.41) is 14.7. The van der Waals surface area contributed by atoms with Crippen molar-refractivity contribution in [2.24, 2.45) is 11.8 Å². The second kappa shape index (κ2) is 6.35. The first-order valence-corrected chi connectivity index (χ1v) is 7.50. The van der Waals surface area contributed by atoms with Crippen molar-refractivity contribution < 1.29 is 4.92 Å². The topological polar surface area (TPSA) is 55.2 Å². The first-order valence-electron chi connectivity index (χ1n) is 7.50. The zero-order valence-electron chi connectivity index (χ0n) is 12.5. The van der Waals surface area contributed by atoms with Crippen molar-refractivity contribution in [3.05, 3.63) is 39.9 Å². The largest absolute Gasteiger partial charge is 0.307 e. The average Bonchev–Trinajstić information content (AvgIpc) is 2.43. The van der Waals surface area contributed by atoms with E-state index in [1.807, 2.05) is 19.1 Å². The van der Waals surface area contributed by atoms with Crippen LogP contribution in [0.4, 0.5) is 5.69 Å². The van der Waals surface area contributed by atoms with Crippen LogP contribution in [0, 0.1) is 22.0 Å². The van der Waals surface area contributed by atoms with Crippen LogP contribution in [0.5, 0.6) is 0 Å². The van der Waals surface area contributed by atoms with Gasteiger partial charge in [0.05, 0.1) is 4.92 Å². The van der Waals surface area contributed by atoms with E-state index < -0.39 is 0 Å². The lowest BCUT2D eigenvalue weighted by Crippen LogP contribution is -2.41. The van der Waals surface area contributed by atoms with Crippen LogP contribution in [0.2, 0.25) is 0 Å². The Morgan fingerprint density at radius 1 is 1.30 bits per heavy atom. The molecule has 0 spiro atoms. The molecule has 0 aromatic heterocycles. The molecule has 2 rings (SSSR count). The summed E-state index contributed by atoms with van der Waals surface area (Å²) in [4.78, 5) is 10.8. The molecule has 110 valence electrons. The molecule has 1 fully saturated rings. The number of benzene rings is 1. The van der Waals surface area contributed by atoms with Crippen molar-refractivity contribution in [2.45, 2.75) is 52.1 Å². The molecule has 4 nitrogen and oxygen atoms in total. The summed E-state index contributed by atoms with van der Waals surface area (Å²) < 4.78 is 0. The van der Waals surface area contributed by atoms with Crippen LogP contribution >= 0.6 is 0 Å². The summed E-state index contributed by atoms with van der Waals surface area (Å²) >= 11 is 0. The van der Waals surface area contributed by atoms with Gasteiger partial charge in [0.2, 0.25) is 0 Å². The number of nitro benzene ring substituents is 1. The molecule has 1 aromatic rings. The highest BCUT2D eigenvalue weighted by atomic mass is 16.6. The summed E-state index contributed by atoms with van der Waals surface area (Å²) in [5.41, 5.74) is 0.993. The average molecular weight is 276 g/mol. The van der Waals surface area contributed by atoms with Gasteiger partial charge < -0.3 is 5.32 Å². The molecule has 4 atom stereocenters. The van der Waals surface area contributed by atoms with Gasteiger partial charge in [0.1, 0.15) is 0 Å². The standard InChI is InChI=1S/C16H24N2O2/c1-11-7-6-9-15(12(11)2)17-13(3)14-8-4-5-10-16(14)18(19)20/h4-5,8,10-13,15,17H,6-7,9H2,1-3H3. The number of hydrogen-bond acceptors (Lipinski definition) is 3. The second-order valence-electron chi connectivity index (χ2n) is 6.08. The summed E-state index contributed by atoms with van der Waals surface area (Å²) in [5.74, 6) is 1.34. The molecule has 4 unspecified atom stereocenters. The molecule has 1 aliphatic carbocycles. The van der Waals surface area contributed by atoms with E-state index in [0.717, 1.165) is 17.9 Å². The molecule has 20 heavy (non-hydrogen) atoms. The van der Waals surface area contributed by atoms with Crippen LogP contribution < -0.4 is 5.32 Å². The minimum Gasteiger partial charge on any atom is -0.307 e. The van der Waals surface area contributed by atoms with E-state index in [4.69, 9.17) is 0 Å². The number of nitrogens with one attached hydrogen (secondary N) is 1. The molecular formula is C16H24N2O2. The van der Waals surface area contributed by atoms with Crippen LogP contribution in [0.1, 0.15) is 51.6 Å². The zero-order valence-corrected chi connectivity index (χ0v) is 12.5. The molecule has 0 radical (unpaired) electrons. The van der Waals surface area contributed by atoms with Gasteiger partial charge in [-0.1, -0.05) is 44.9 Å². The minimum absolute atomic E-state index is 0.00866. The van der Waals surface area contributed by atoms with Crippen LogP contribution in [-0.4, -0.2) is 11.0 Å². The van der Waals surface area contributed by atoms with Crippen molar-refractivity contribution in [2.75, 3.05) is 0 Å². The van der Waals surface area contributed by atoms with E-state index in [9.17, 15) is 10.1 Å². The van der Waals surface area contributed by atoms with Gasteiger partial charge in [-0.3, -0.25) is 10.1 Å². The molecular weight excluding hydrogens is 252 g/mol. The van der Waals surface area contributed by atoms with Gasteiger partial charge in [0.15, 0.2) is 0 Å². The van der Waals surface area contributed by atoms with Gasteiger partial charge in [0.25, 0.3) is 5.69 Å². The fourth-order valence-electron chi connectivity index (χ4n) is 3.25.